The maximum absolute atomic E-state index is 13.2. The molecule has 1 aliphatic heterocycles. The molecule has 1 N–H and O–H groups in total. The summed E-state index contributed by atoms with van der Waals surface area (Å²) in [6.45, 7) is 0.696. The molecule has 212 valence electrons. The molecule has 0 spiro atoms. The number of benzene rings is 4. The van der Waals surface area contributed by atoms with Crippen LogP contribution >= 0.6 is 0 Å². The van der Waals surface area contributed by atoms with Gasteiger partial charge in [0, 0.05) is 0 Å². The molecule has 5 atom stereocenters. The van der Waals surface area contributed by atoms with Gasteiger partial charge in [0.05, 0.1) is 19.8 Å². The van der Waals surface area contributed by atoms with Crippen LogP contribution in [0.1, 0.15) is 22.3 Å². The molecule has 7 heteroatoms. The first kappa shape index (κ1) is 28.7. The van der Waals surface area contributed by atoms with Crippen LogP contribution in [0, 0.1) is 0 Å². The van der Waals surface area contributed by atoms with Crippen molar-refractivity contribution in [1.82, 2.24) is 0 Å². The van der Waals surface area contributed by atoms with E-state index < -0.39 is 36.7 Å². The van der Waals surface area contributed by atoms with Gasteiger partial charge in [0.2, 0.25) is 0 Å². The Hall–Kier alpha value is -3.85. The van der Waals surface area contributed by atoms with Crippen LogP contribution in [0.5, 0.6) is 0 Å². The van der Waals surface area contributed by atoms with Crippen molar-refractivity contribution in [2.45, 2.75) is 57.1 Å². The molecule has 1 saturated heterocycles. The van der Waals surface area contributed by atoms with Crippen LogP contribution in [0.15, 0.2) is 121 Å². The van der Waals surface area contributed by atoms with Crippen molar-refractivity contribution in [3.05, 3.63) is 144 Å². The lowest BCUT2D eigenvalue weighted by molar-refractivity contribution is -0.316. The molecule has 4 aromatic carbocycles. The fraction of sp³-hybridized carbons (Fsp3) is 0.265. The van der Waals surface area contributed by atoms with Crippen molar-refractivity contribution < 1.29 is 33.6 Å². The van der Waals surface area contributed by atoms with E-state index in [1.807, 2.05) is 121 Å². The maximum Gasteiger partial charge on any atom is 0.338 e. The molecule has 1 aliphatic rings. The van der Waals surface area contributed by atoms with Crippen molar-refractivity contribution >= 4 is 5.97 Å². The predicted molar refractivity (Wildman–Crippen MR) is 152 cm³/mol. The SMILES string of the molecule is O=C(OCc1ccccc1)[C@H]1OC(OCc2ccccc2)[C@H](OCc2ccccc2)[C@@H](OCc2ccccc2)[C@@H]1O. The summed E-state index contributed by atoms with van der Waals surface area (Å²) >= 11 is 0. The molecule has 7 nitrogen and oxygen atoms in total. The van der Waals surface area contributed by atoms with Crippen LogP contribution in [0.3, 0.4) is 0 Å². The summed E-state index contributed by atoms with van der Waals surface area (Å²) < 4.78 is 30.4. The van der Waals surface area contributed by atoms with E-state index in [1.54, 1.807) is 0 Å². The van der Waals surface area contributed by atoms with Gasteiger partial charge < -0.3 is 28.8 Å². The van der Waals surface area contributed by atoms with Gasteiger partial charge in [-0.05, 0) is 22.3 Å². The molecular weight excluding hydrogens is 520 g/mol. The minimum atomic E-state index is -1.36. The molecule has 0 aromatic heterocycles. The van der Waals surface area contributed by atoms with Gasteiger partial charge in [-0.3, -0.25) is 0 Å². The summed E-state index contributed by atoms with van der Waals surface area (Å²) in [5.74, 6) is -0.704. The third kappa shape index (κ3) is 8.10. The second-order valence-corrected chi connectivity index (χ2v) is 9.83. The van der Waals surface area contributed by atoms with Gasteiger partial charge in [0.15, 0.2) is 12.4 Å². The number of aliphatic hydroxyl groups excluding tert-OH is 1. The van der Waals surface area contributed by atoms with Gasteiger partial charge in [-0.1, -0.05) is 121 Å². The van der Waals surface area contributed by atoms with E-state index in [0.717, 1.165) is 22.3 Å². The average molecular weight is 555 g/mol. The van der Waals surface area contributed by atoms with E-state index in [-0.39, 0.29) is 26.4 Å². The number of aliphatic hydroxyl groups is 1. The Morgan fingerprint density at radius 3 is 1.41 bits per heavy atom. The van der Waals surface area contributed by atoms with Gasteiger partial charge in [-0.15, -0.1) is 0 Å². The van der Waals surface area contributed by atoms with Crippen LogP contribution in [-0.4, -0.2) is 41.8 Å². The number of hydrogen-bond donors (Lipinski definition) is 1. The second-order valence-electron chi connectivity index (χ2n) is 9.83. The van der Waals surface area contributed by atoms with E-state index >= 15 is 0 Å². The summed E-state index contributed by atoms with van der Waals surface area (Å²) in [6.07, 6.45) is -5.49. The van der Waals surface area contributed by atoms with E-state index in [9.17, 15) is 9.90 Å². The monoisotopic (exact) mass is 554 g/mol. The molecule has 4 aromatic rings. The fourth-order valence-electron chi connectivity index (χ4n) is 4.62. The number of ether oxygens (including phenoxy) is 5. The Labute approximate surface area is 240 Å². The normalized spacial score (nSPS) is 22.2. The van der Waals surface area contributed by atoms with Crippen LogP contribution in [-0.2, 0) is 54.9 Å². The summed E-state index contributed by atoms with van der Waals surface area (Å²) in [5.41, 5.74) is 3.60. The highest BCUT2D eigenvalue weighted by molar-refractivity contribution is 5.75. The van der Waals surface area contributed by atoms with Crippen molar-refractivity contribution in [3.8, 4) is 0 Å². The molecule has 0 saturated carbocycles. The second kappa shape index (κ2) is 14.7. The van der Waals surface area contributed by atoms with Gasteiger partial charge in [-0.2, -0.15) is 0 Å². The third-order valence-electron chi connectivity index (χ3n) is 6.80. The van der Waals surface area contributed by atoms with E-state index in [4.69, 9.17) is 23.7 Å². The van der Waals surface area contributed by atoms with Crippen LogP contribution in [0.25, 0.3) is 0 Å². The Morgan fingerprint density at radius 2 is 0.951 bits per heavy atom. The number of hydrogen-bond acceptors (Lipinski definition) is 7. The summed E-state index contributed by atoms with van der Waals surface area (Å²) in [4.78, 5) is 13.2. The number of carbonyl (C=O) groups excluding carboxylic acids is 1. The summed E-state index contributed by atoms with van der Waals surface area (Å²) in [7, 11) is 0. The van der Waals surface area contributed by atoms with E-state index in [1.165, 1.54) is 0 Å². The van der Waals surface area contributed by atoms with Crippen LogP contribution in [0.2, 0.25) is 0 Å². The Bertz CT molecular complexity index is 1320. The molecule has 1 fully saturated rings. The van der Waals surface area contributed by atoms with E-state index in [0.29, 0.717) is 0 Å². The zero-order chi connectivity index (χ0) is 28.3. The summed E-state index contributed by atoms with van der Waals surface area (Å²) in [6, 6.07) is 38.3. The first-order valence-electron chi connectivity index (χ1n) is 13.7. The minimum absolute atomic E-state index is 0.0469. The highest BCUT2D eigenvalue weighted by atomic mass is 16.7. The van der Waals surface area contributed by atoms with Crippen LogP contribution in [0.4, 0.5) is 0 Å². The van der Waals surface area contributed by atoms with Gasteiger partial charge in [0.1, 0.15) is 24.9 Å². The lowest BCUT2D eigenvalue weighted by Crippen LogP contribution is -2.62. The molecule has 41 heavy (non-hydrogen) atoms. The summed E-state index contributed by atoms with van der Waals surface area (Å²) in [5, 5.41) is 11.5. The Balaban J connectivity index is 1.38. The predicted octanol–water partition coefficient (Wildman–Crippen LogP) is 5.20. The number of rotatable bonds is 12. The number of esters is 1. The average Bonchev–Trinajstić information content (AvgIpc) is 3.03. The Morgan fingerprint density at radius 1 is 0.561 bits per heavy atom. The molecular formula is C34H34O7. The standard InChI is InChI=1S/C34H34O7/c35-29-30(37-21-25-13-5-1-6-14-25)32(38-22-26-15-7-2-8-16-26)34(40-24-28-19-11-4-12-20-28)41-31(29)33(36)39-23-27-17-9-3-10-18-27/h1-20,29-32,34-35H,21-24H2/t29-,30-,31-,32+,34?/m0/s1. The first-order chi connectivity index (χ1) is 20.2. The fourth-order valence-corrected chi connectivity index (χ4v) is 4.62. The molecule has 5 rings (SSSR count). The molecule has 0 amide bonds. The highest BCUT2D eigenvalue weighted by Gasteiger charge is 2.50. The lowest BCUT2D eigenvalue weighted by atomic mass is 9.98. The smallest absolute Gasteiger partial charge is 0.338 e. The molecule has 1 unspecified atom stereocenters. The molecule has 0 aliphatic carbocycles. The topological polar surface area (TPSA) is 83.5 Å². The lowest BCUT2D eigenvalue weighted by Gasteiger charge is -2.43. The van der Waals surface area contributed by atoms with Gasteiger partial charge in [-0.25, -0.2) is 4.79 Å². The zero-order valence-corrected chi connectivity index (χ0v) is 22.7. The van der Waals surface area contributed by atoms with E-state index in [2.05, 4.69) is 0 Å². The van der Waals surface area contributed by atoms with Gasteiger partial charge >= 0.3 is 5.97 Å². The minimum Gasteiger partial charge on any atom is -0.459 e. The van der Waals surface area contributed by atoms with Crippen molar-refractivity contribution in [2.75, 3.05) is 0 Å². The van der Waals surface area contributed by atoms with Crippen molar-refractivity contribution in [2.24, 2.45) is 0 Å². The third-order valence-corrected chi connectivity index (χ3v) is 6.80. The number of carbonyl (C=O) groups is 1. The van der Waals surface area contributed by atoms with Crippen LogP contribution < -0.4 is 0 Å². The molecule has 1 heterocycles. The Kier molecular flexibility index (Phi) is 10.3. The van der Waals surface area contributed by atoms with Crippen molar-refractivity contribution in [1.29, 1.82) is 0 Å². The highest BCUT2D eigenvalue weighted by Crippen LogP contribution is 2.30. The van der Waals surface area contributed by atoms with Crippen molar-refractivity contribution in [3.63, 3.8) is 0 Å². The molecule has 0 radical (unpaired) electrons. The quantitative estimate of drug-likeness (QED) is 0.241. The van der Waals surface area contributed by atoms with Gasteiger partial charge in [0.25, 0.3) is 0 Å². The first-order valence-corrected chi connectivity index (χ1v) is 13.7. The largest absolute Gasteiger partial charge is 0.459 e. The zero-order valence-electron chi connectivity index (χ0n) is 22.7. The maximum atomic E-state index is 13.2. The molecule has 0 bridgehead atoms.